The van der Waals surface area contributed by atoms with E-state index < -0.39 is 17.5 Å². The molecule has 2 N–H and O–H groups in total. The molecule has 1 aliphatic rings. The van der Waals surface area contributed by atoms with Gasteiger partial charge in [-0.3, -0.25) is 4.90 Å². The number of rotatable bonds is 7. The molecule has 192 valence electrons. The van der Waals surface area contributed by atoms with E-state index in [1.807, 2.05) is 45.0 Å². The number of hydrogen-bond acceptors (Lipinski definition) is 6. The lowest BCUT2D eigenvalue weighted by atomic mass is 10.1. The molecule has 1 aromatic heterocycles. The van der Waals surface area contributed by atoms with Crippen molar-refractivity contribution >= 4 is 29.3 Å². The van der Waals surface area contributed by atoms with Crippen molar-refractivity contribution in [3.8, 4) is 0 Å². The number of esters is 2. The number of H-pyrrole nitrogens is 1. The molecule has 2 amide bonds. The largest absolute Gasteiger partial charge is 0.465 e. The molecule has 0 radical (unpaired) electrons. The van der Waals surface area contributed by atoms with E-state index in [1.54, 1.807) is 37.6 Å². The molecule has 9 heteroatoms. The Balaban J connectivity index is 0.00000210. The fraction of sp³-hybridized carbons (Fsp3) is 0.500. The standard InChI is InChI=1S/C24H32N4O5.C2H6/c1-7-17-19(21(29)32-6)18(26-20(17)22(30)33-24(2,3)4)14-25-15-8-10-16(11-9-15)28-13-12-27(5)23(28)31;1-2/h8-11,25-26H,7,12-14H2,1-6H3;1-2H3. The topological polar surface area (TPSA) is 104 Å². The Hall–Kier alpha value is -3.49. The van der Waals surface area contributed by atoms with E-state index in [0.717, 1.165) is 11.4 Å². The molecule has 0 spiro atoms. The van der Waals surface area contributed by atoms with Crippen molar-refractivity contribution in [2.24, 2.45) is 0 Å². The third kappa shape index (κ3) is 6.55. The second-order valence-electron chi connectivity index (χ2n) is 8.94. The van der Waals surface area contributed by atoms with Crippen molar-refractivity contribution in [1.29, 1.82) is 0 Å². The number of methoxy groups -OCH3 is 1. The maximum Gasteiger partial charge on any atom is 0.355 e. The fourth-order valence-electron chi connectivity index (χ4n) is 3.77. The van der Waals surface area contributed by atoms with Crippen molar-refractivity contribution in [2.45, 2.75) is 60.1 Å². The van der Waals surface area contributed by atoms with Crippen molar-refractivity contribution in [3.05, 3.63) is 46.8 Å². The van der Waals surface area contributed by atoms with Crippen molar-refractivity contribution in [3.63, 3.8) is 0 Å². The van der Waals surface area contributed by atoms with E-state index in [9.17, 15) is 14.4 Å². The van der Waals surface area contributed by atoms with Crippen LogP contribution in [0.2, 0.25) is 0 Å². The molecule has 0 bridgehead atoms. The summed E-state index contributed by atoms with van der Waals surface area (Å²) in [5.41, 5.74) is 2.68. The van der Waals surface area contributed by atoms with Crippen LogP contribution in [0.25, 0.3) is 0 Å². The predicted octanol–water partition coefficient (Wildman–Crippen LogP) is 4.83. The van der Waals surface area contributed by atoms with Crippen LogP contribution in [0.5, 0.6) is 0 Å². The Labute approximate surface area is 207 Å². The summed E-state index contributed by atoms with van der Waals surface area (Å²) in [6.45, 7) is 12.9. The number of anilines is 2. The summed E-state index contributed by atoms with van der Waals surface area (Å²) in [5.74, 6) is -1.03. The van der Waals surface area contributed by atoms with Crippen LogP contribution in [-0.4, -0.2) is 60.7 Å². The van der Waals surface area contributed by atoms with Crippen LogP contribution < -0.4 is 10.2 Å². The van der Waals surface area contributed by atoms with E-state index >= 15 is 0 Å². The van der Waals surface area contributed by atoms with Crippen LogP contribution >= 0.6 is 0 Å². The quantitative estimate of drug-likeness (QED) is 0.544. The van der Waals surface area contributed by atoms with Crippen LogP contribution in [0.3, 0.4) is 0 Å². The molecule has 1 aromatic carbocycles. The lowest BCUT2D eigenvalue weighted by molar-refractivity contribution is 0.00621. The fourth-order valence-corrected chi connectivity index (χ4v) is 3.77. The minimum Gasteiger partial charge on any atom is -0.465 e. The second kappa shape index (κ2) is 11.8. The number of hydrogen-bond donors (Lipinski definition) is 2. The van der Waals surface area contributed by atoms with Gasteiger partial charge < -0.3 is 24.7 Å². The zero-order valence-electron chi connectivity index (χ0n) is 22.1. The van der Waals surface area contributed by atoms with Gasteiger partial charge in [-0.15, -0.1) is 0 Å². The second-order valence-corrected chi connectivity index (χ2v) is 8.94. The number of nitrogens with one attached hydrogen (secondary N) is 2. The highest BCUT2D eigenvalue weighted by Crippen LogP contribution is 2.26. The monoisotopic (exact) mass is 486 g/mol. The molecule has 0 aliphatic carbocycles. The Morgan fingerprint density at radius 2 is 1.71 bits per heavy atom. The van der Waals surface area contributed by atoms with Gasteiger partial charge in [0.1, 0.15) is 11.3 Å². The van der Waals surface area contributed by atoms with Crippen LogP contribution in [0.1, 0.15) is 73.6 Å². The molecule has 2 aromatic rings. The van der Waals surface area contributed by atoms with E-state index in [1.165, 1.54) is 7.11 Å². The third-order valence-corrected chi connectivity index (χ3v) is 5.39. The first-order valence-corrected chi connectivity index (χ1v) is 12.0. The first kappa shape index (κ1) is 27.8. The molecule has 1 aliphatic heterocycles. The number of carbonyl (C=O) groups is 3. The minimum absolute atomic E-state index is 0.0217. The number of ether oxygens (including phenoxy) is 2. The summed E-state index contributed by atoms with van der Waals surface area (Å²) in [5, 5.41) is 3.26. The van der Waals surface area contributed by atoms with E-state index in [4.69, 9.17) is 9.47 Å². The first-order chi connectivity index (χ1) is 16.6. The van der Waals surface area contributed by atoms with Crippen LogP contribution in [0.15, 0.2) is 24.3 Å². The Kier molecular flexibility index (Phi) is 9.33. The number of amides is 2. The van der Waals surface area contributed by atoms with Gasteiger partial charge in [0.15, 0.2) is 0 Å². The summed E-state index contributed by atoms with van der Waals surface area (Å²) in [7, 11) is 3.10. The van der Waals surface area contributed by atoms with Gasteiger partial charge in [0.05, 0.1) is 19.2 Å². The van der Waals surface area contributed by atoms with Crippen LogP contribution in [0, 0.1) is 0 Å². The predicted molar refractivity (Wildman–Crippen MR) is 137 cm³/mol. The summed E-state index contributed by atoms with van der Waals surface area (Å²) >= 11 is 0. The number of likely N-dealkylation sites (N-methyl/N-ethyl adjacent to an activating group) is 1. The lowest BCUT2D eigenvalue weighted by Crippen LogP contribution is -2.29. The van der Waals surface area contributed by atoms with Gasteiger partial charge in [-0.2, -0.15) is 0 Å². The van der Waals surface area contributed by atoms with Gasteiger partial charge in [0, 0.05) is 37.2 Å². The average molecular weight is 487 g/mol. The Bertz CT molecular complexity index is 1040. The molecular weight excluding hydrogens is 448 g/mol. The Morgan fingerprint density at radius 1 is 1.09 bits per heavy atom. The number of aromatic nitrogens is 1. The van der Waals surface area contributed by atoms with Gasteiger partial charge in [-0.05, 0) is 57.0 Å². The molecule has 35 heavy (non-hydrogen) atoms. The molecule has 9 nitrogen and oxygen atoms in total. The summed E-state index contributed by atoms with van der Waals surface area (Å²) < 4.78 is 10.5. The third-order valence-electron chi connectivity index (χ3n) is 5.39. The number of nitrogens with zero attached hydrogens (tertiary/aromatic N) is 2. The number of aromatic amines is 1. The zero-order valence-corrected chi connectivity index (χ0v) is 22.1. The SMILES string of the molecule is CC.CCc1c(C(=O)OC(C)(C)C)[nH]c(CNc2ccc(N3CCN(C)C3=O)cc2)c1C(=O)OC. The molecule has 3 rings (SSSR count). The zero-order chi connectivity index (χ0) is 26.3. The molecular formula is C26H38N4O5. The van der Waals surface area contributed by atoms with Crippen molar-refractivity contribution in [2.75, 3.05) is 37.5 Å². The highest BCUT2D eigenvalue weighted by atomic mass is 16.6. The van der Waals surface area contributed by atoms with Crippen LogP contribution in [-0.2, 0) is 22.4 Å². The van der Waals surface area contributed by atoms with Crippen molar-refractivity contribution < 1.29 is 23.9 Å². The summed E-state index contributed by atoms with van der Waals surface area (Å²) in [6.07, 6.45) is 0.461. The minimum atomic E-state index is -0.662. The molecule has 0 atom stereocenters. The lowest BCUT2D eigenvalue weighted by Gasteiger charge is -2.19. The summed E-state index contributed by atoms with van der Waals surface area (Å²) in [6, 6.07) is 7.47. The number of carbonyl (C=O) groups excluding carboxylic acids is 3. The van der Waals surface area contributed by atoms with Crippen molar-refractivity contribution in [1.82, 2.24) is 9.88 Å². The van der Waals surface area contributed by atoms with Gasteiger partial charge in [0.2, 0.25) is 0 Å². The van der Waals surface area contributed by atoms with Gasteiger partial charge in [-0.25, -0.2) is 14.4 Å². The van der Waals surface area contributed by atoms with E-state index in [-0.39, 0.29) is 18.3 Å². The molecule has 0 saturated carbocycles. The first-order valence-electron chi connectivity index (χ1n) is 12.0. The average Bonchev–Trinajstić information content (AvgIpc) is 3.37. The van der Waals surface area contributed by atoms with Crippen LogP contribution in [0.4, 0.5) is 16.2 Å². The van der Waals surface area contributed by atoms with Gasteiger partial charge in [-0.1, -0.05) is 20.8 Å². The summed E-state index contributed by atoms with van der Waals surface area (Å²) in [4.78, 5) is 43.9. The van der Waals surface area contributed by atoms with E-state index in [2.05, 4.69) is 10.3 Å². The number of urea groups is 1. The smallest absolute Gasteiger partial charge is 0.355 e. The molecule has 1 saturated heterocycles. The normalized spacial score (nSPS) is 13.3. The maximum absolute atomic E-state index is 12.7. The maximum atomic E-state index is 12.7. The Morgan fingerprint density at radius 3 is 2.20 bits per heavy atom. The van der Waals surface area contributed by atoms with Gasteiger partial charge in [0.25, 0.3) is 0 Å². The highest BCUT2D eigenvalue weighted by Gasteiger charge is 2.29. The van der Waals surface area contributed by atoms with Gasteiger partial charge >= 0.3 is 18.0 Å². The van der Waals surface area contributed by atoms with E-state index in [0.29, 0.717) is 36.3 Å². The molecule has 1 fully saturated rings. The highest BCUT2D eigenvalue weighted by molar-refractivity contribution is 5.99. The molecule has 2 heterocycles. The number of benzene rings is 1. The molecule has 0 unspecified atom stereocenters.